The first kappa shape index (κ1) is 35.3. The summed E-state index contributed by atoms with van der Waals surface area (Å²) in [6.07, 6.45) is 1.81. The van der Waals surface area contributed by atoms with Crippen LogP contribution in [0, 0.1) is 0 Å². The number of para-hydroxylation sites is 1. The van der Waals surface area contributed by atoms with E-state index in [1.807, 2.05) is 24.4 Å². The molecule has 4 heteroatoms. The van der Waals surface area contributed by atoms with Crippen molar-refractivity contribution in [1.29, 1.82) is 0 Å². The number of aromatic hydroxyl groups is 1. The maximum atomic E-state index is 11.4. The minimum Gasteiger partial charge on any atom is -0.507 e. The van der Waals surface area contributed by atoms with Crippen LogP contribution in [0.2, 0.25) is 0 Å². The number of hydrogen-bond donors (Lipinski definition) is 1. The molecule has 0 amide bonds. The lowest BCUT2D eigenvalue weighted by Gasteiger charge is -2.27. The Kier molecular flexibility index (Phi) is 8.95. The quantitative estimate of drug-likeness (QED) is 0.182. The zero-order valence-electron chi connectivity index (χ0n) is 31.8. The largest absolute Gasteiger partial charge is 0.507 e. The Hall–Kier alpha value is -5.06. The number of thiazole rings is 1. The smallest absolute Gasteiger partial charge is 0.128 e. The SMILES string of the molecule is CC(C)(C)c1cc(C=Nc2ccccc2-c2nc3c(-c4ccc(-c5ccc6ccccc6c5)cc4)cc(C(C)(C)C)cc3s2)c(O)c(C(C)(C)C)c1. The topological polar surface area (TPSA) is 45.5 Å². The Morgan fingerprint density at radius 2 is 1.19 bits per heavy atom. The van der Waals surface area contributed by atoms with Crippen LogP contribution < -0.4 is 0 Å². The number of phenolic OH excluding ortho intramolecular Hbond substituents is 1. The van der Waals surface area contributed by atoms with E-state index in [1.54, 1.807) is 11.3 Å². The Morgan fingerprint density at radius 1 is 0.577 bits per heavy atom. The second-order valence-corrected chi connectivity index (χ2v) is 18.0. The molecule has 1 N–H and O–H groups in total. The lowest BCUT2D eigenvalue weighted by Crippen LogP contribution is -2.17. The molecule has 0 saturated carbocycles. The fraction of sp³-hybridized carbons (Fsp3) is 0.250. The van der Waals surface area contributed by atoms with Crippen molar-refractivity contribution >= 4 is 44.2 Å². The number of rotatable bonds is 5. The van der Waals surface area contributed by atoms with Crippen molar-refractivity contribution in [3.63, 3.8) is 0 Å². The van der Waals surface area contributed by atoms with Crippen molar-refractivity contribution in [1.82, 2.24) is 4.98 Å². The third-order valence-corrected chi connectivity index (χ3v) is 11.0. The molecule has 0 atom stereocenters. The van der Waals surface area contributed by atoms with E-state index in [0.29, 0.717) is 0 Å². The Bertz CT molecular complexity index is 2460. The van der Waals surface area contributed by atoms with Crippen LogP contribution in [-0.4, -0.2) is 16.3 Å². The van der Waals surface area contributed by atoms with Crippen LogP contribution in [0.3, 0.4) is 0 Å². The van der Waals surface area contributed by atoms with E-state index in [4.69, 9.17) is 9.98 Å². The first-order valence-corrected chi connectivity index (χ1v) is 18.9. The molecule has 0 unspecified atom stereocenters. The molecule has 0 spiro atoms. The first-order valence-electron chi connectivity index (χ1n) is 18.1. The number of fused-ring (bicyclic) bond motifs is 2. The van der Waals surface area contributed by atoms with Gasteiger partial charge in [-0.05, 0) is 91.2 Å². The predicted molar refractivity (Wildman–Crippen MR) is 225 cm³/mol. The van der Waals surface area contributed by atoms with Crippen molar-refractivity contribution in [3.8, 4) is 38.6 Å². The number of phenols is 1. The third-order valence-electron chi connectivity index (χ3n) is 9.93. The highest BCUT2D eigenvalue weighted by molar-refractivity contribution is 7.21. The van der Waals surface area contributed by atoms with Gasteiger partial charge >= 0.3 is 0 Å². The minimum atomic E-state index is -0.215. The van der Waals surface area contributed by atoms with E-state index in [-0.39, 0.29) is 22.0 Å². The molecule has 262 valence electrons. The van der Waals surface area contributed by atoms with E-state index in [2.05, 4.69) is 159 Å². The molecule has 52 heavy (non-hydrogen) atoms. The third kappa shape index (κ3) is 7.05. The summed E-state index contributed by atoms with van der Waals surface area (Å²) >= 11 is 1.71. The first-order chi connectivity index (χ1) is 24.6. The number of aliphatic imine (C=N–C) groups is 1. The molecular formula is C48H48N2OS. The lowest BCUT2D eigenvalue weighted by molar-refractivity contribution is 0.444. The Morgan fingerprint density at radius 3 is 1.88 bits per heavy atom. The van der Waals surface area contributed by atoms with Crippen LogP contribution in [-0.2, 0) is 16.2 Å². The molecule has 0 aliphatic heterocycles. The normalized spacial score (nSPS) is 12.7. The monoisotopic (exact) mass is 700 g/mol. The molecule has 0 aliphatic rings. The summed E-state index contributed by atoms with van der Waals surface area (Å²) in [5.41, 5.74) is 11.2. The fourth-order valence-corrected chi connectivity index (χ4v) is 7.74. The molecule has 0 radical (unpaired) electrons. The van der Waals surface area contributed by atoms with Gasteiger partial charge in [-0.25, -0.2) is 4.98 Å². The van der Waals surface area contributed by atoms with Gasteiger partial charge in [0.05, 0.1) is 15.9 Å². The molecule has 0 fully saturated rings. The maximum Gasteiger partial charge on any atom is 0.128 e. The molecule has 7 aromatic rings. The highest BCUT2D eigenvalue weighted by Gasteiger charge is 2.25. The van der Waals surface area contributed by atoms with Crippen molar-refractivity contribution in [2.75, 3.05) is 0 Å². The standard InChI is InChI=1S/C48H48N2OS/c1-46(2,3)36-25-35(44(51)40(27-36)48(7,8)9)29-49-41-17-13-12-16-38(41)45-50-43-39(26-37(47(4,5)6)28-42(43)52-45)32-21-18-31(19-22-32)34-23-20-30-14-10-11-15-33(30)24-34/h10-29,51H,1-9H3. The van der Waals surface area contributed by atoms with Crippen LogP contribution in [0.1, 0.15) is 84.6 Å². The fourth-order valence-electron chi connectivity index (χ4n) is 6.68. The van der Waals surface area contributed by atoms with E-state index < -0.39 is 0 Å². The van der Waals surface area contributed by atoms with Gasteiger partial charge in [-0.3, -0.25) is 4.99 Å². The summed E-state index contributed by atoms with van der Waals surface area (Å²) in [5, 5.41) is 14.8. The number of benzene rings is 6. The highest BCUT2D eigenvalue weighted by atomic mass is 32.1. The van der Waals surface area contributed by atoms with Crippen LogP contribution in [0.15, 0.2) is 120 Å². The van der Waals surface area contributed by atoms with Crippen molar-refractivity contribution < 1.29 is 5.11 Å². The Labute approximate surface area is 312 Å². The van der Waals surface area contributed by atoms with Gasteiger partial charge in [-0.1, -0.05) is 141 Å². The van der Waals surface area contributed by atoms with Gasteiger partial charge in [0, 0.05) is 28.5 Å². The number of nitrogens with zero attached hydrogens (tertiary/aromatic N) is 2. The lowest BCUT2D eigenvalue weighted by atomic mass is 9.79. The predicted octanol–water partition coefficient (Wildman–Crippen LogP) is 13.8. The molecule has 3 nitrogen and oxygen atoms in total. The molecule has 0 saturated heterocycles. The maximum absolute atomic E-state index is 11.4. The van der Waals surface area contributed by atoms with Gasteiger partial charge in [-0.15, -0.1) is 11.3 Å². The van der Waals surface area contributed by atoms with Gasteiger partial charge in [-0.2, -0.15) is 0 Å². The van der Waals surface area contributed by atoms with Crippen molar-refractivity contribution in [3.05, 3.63) is 138 Å². The summed E-state index contributed by atoms with van der Waals surface area (Å²) in [4.78, 5) is 10.3. The highest BCUT2D eigenvalue weighted by Crippen LogP contribution is 2.43. The summed E-state index contributed by atoms with van der Waals surface area (Å²) in [6.45, 7) is 19.8. The van der Waals surface area contributed by atoms with Gasteiger partial charge in [0.15, 0.2) is 0 Å². The van der Waals surface area contributed by atoms with E-state index in [0.717, 1.165) is 48.7 Å². The molecule has 7 rings (SSSR count). The summed E-state index contributed by atoms with van der Waals surface area (Å²) < 4.78 is 1.15. The van der Waals surface area contributed by atoms with Gasteiger partial charge in [0.25, 0.3) is 0 Å². The molecule has 0 bridgehead atoms. The van der Waals surface area contributed by atoms with E-state index in [1.165, 1.54) is 33.0 Å². The molecular weight excluding hydrogens is 653 g/mol. The molecule has 0 aliphatic carbocycles. The average Bonchev–Trinajstić information content (AvgIpc) is 3.54. The summed E-state index contributed by atoms with van der Waals surface area (Å²) in [5.74, 6) is 0.285. The second-order valence-electron chi connectivity index (χ2n) is 17.0. The average molecular weight is 701 g/mol. The zero-order chi connectivity index (χ0) is 37.0. The van der Waals surface area contributed by atoms with E-state index >= 15 is 0 Å². The van der Waals surface area contributed by atoms with Gasteiger partial charge in [0.2, 0.25) is 0 Å². The molecule has 1 aromatic heterocycles. The Balaban J connectivity index is 1.30. The van der Waals surface area contributed by atoms with Crippen LogP contribution in [0.25, 0.3) is 53.8 Å². The zero-order valence-corrected chi connectivity index (χ0v) is 32.6. The number of aromatic nitrogens is 1. The summed E-state index contributed by atoms with van der Waals surface area (Å²) in [7, 11) is 0. The minimum absolute atomic E-state index is 0.0319. The molecule has 6 aromatic carbocycles. The van der Waals surface area contributed by atoms with Gasteiger partial charge in [0.1, 0.15) is 10.8 Å². The summed E-state index contributed by atoms with van der Waals surface area (Å²) in [6, 6.07) is 41.1. The molecule has 1 heterocycles. The van der Waals surface area contributed by atoms with Crippen LogP contribution >= 0.6 is 11.3 Å². The van der Waals surface area contributed by atoms with Crippen LogP contribution in [0.4, 0.5) is 5.69 Å². The van der Waals surface area contributed by atoms with Crippen molar-refractivity contribution in [2.24, 2.45) is 4.99 Å². The second kappa shape index (κ2) is 13.2. The van der Waals surface area contributed by atoms with Gasteiger partial charge < -0.3 is 5.11 Å². The van der Waals surface area contributed by atoms with Crippen LogP contribution in [0.5, 0.6) is 5.75 Å². The van der Waals surface area contributed by atoms with E-state index in [9.17, 15) is 5.11 Å². The number of hydrogen-bond acceptors (Lipinski definition) is 4. The van der Waals surface area contributed by atoms with Crippen molar-refractivity contribution in [2.45, 2.75) is 78.6 Å².